The lowest BCUT2D eigenvalue weighted by molar-refractivity contribution is 0.107. The molecule has 7 heteroatoms. The summed E-state index contributed by atoms with van der Waals surface area (Å²) in [5.41, 5.74) is -0.456. The van der Waals surface area contributed by atoms with E-state index in [0.717, 1.165) is 6.07 Å². The molecule has 0 unspecified atom stereocenters. The Balaban J connectivity index is 3.35. The number of carbonyl (C=O) groups excluding carboxylic acids is 1. The fourth-order valence-electron chi connectivity index (χ4n) is 0.772. The minimum absolute atomic E-state index is 0.00127. The van der Waals surface area contributed by atoms with Gasteiger partial charge in [-0.05, 0) is 56.2 Å². The number of halogens is 5. The number of pyridine rings is 1. The van der Waals surface area contributed by atoms with Gasteiger partial charge in [0.15, 0.2) is 0 Å². The standard InChI is InChI=1S/C7H2BrClF2INO/c8-4-2(5(9)14)1-3(6(10)11)13-7(4)12/h1,6H. The minimum atomic E-state index is -2.72. The Labute approximate surface area is 105 Å². The van der Waals surface area contributed by atoms with Crippen LogP contribution in [0.25, 0.3) is 0 Å². The van der Waals surface area contributed by atoms with Crippen LogP contribution in [0.1, 0.15) is 22.5 Å². The lowest BCUT2D eigenvalue weighted by atomic mass is 10.2. The second-order valence-electron chi connectivity index (χ2n) is 2.27. The lowest BCUT2D eigenvalue weighted by Gasteiger charge is -2.05. The zero-order valence-corrected chi connectivity index (χ0v) is 10.9. The SMILES string of the molecule is O=C(Cl)c1cc(C(F)F)nc(I)c1Br. The number of alkyl halides is 2. The van der Waals surface area contributed by atoms with Crippen molar-refractivity contribution in [2.45, 2.75) is 6.43 Å². The first kappa shape index (κ1) is 12.3. The van der Waals surface area contributed by atoms with Gasteiger partial charge in [-0.2, -0.15) is 0 Å². The van der Waals surface area contributed by atoms with E-state index in [2.05, 4.69) is 20.9 Å². The minimum Gasteiger partial charge on any atom is -0.276 e. The molecule has 0 atom stereocenters. The van der Waals surface area contributed by atoms with Gasteiger partial charge in [0.2, 0.25) is 0 Å². The molecule has 1 heterocycles. The van der Waals surface area contributed by atoms with Crippen LogP contribution in [0.2, 0.25) is 0 Å². The monoisotopic (exact) mass is 395 g/mol. The van der Waals surface area contributed by atoms with Crippen LogP contribution in [-0.2, 0) is 0 Å². The molecular weight excluding hydrogens is 394 g/mol. The van der Waals surface area contributed by atoms with E-state index in [1.54, 1.807) is 22.6 Å². The molecule has 1 rings (SSSR count). The Morgan fingerprint density at radius 3 is 2.64 bits per heavy atom. The van der Waals surface area contributed by atoms with Crippen molar-refractivity contribution >= 4 is 55.4 Å². The predicted molar refractivity (Wildman–Crippen MR) is 59.8 cm³/mol. The first-order chi connectivity index (χ1) is 6.43. The van der Waals surface area contributed by atoms with Crippen LogP contribution in [0.5, 0.6) is 0 Å². The van der Waals surface area contributed by atoms with Crippen molar-refractivity contribution in [3.8, 4) is 0 Å². The molecule has 1 aromatic heterocycles. The quantitative estimate of drug-likeness (QED) is 0.433. The highest BCUT2D eigenvalue weighted by atomic mass is 127. The molecule has 0 aliphatic rings. The maximum Gasteiger partial charge on any atom is 0.280 e. The van der Waals surface area contributed by atoms with Gasteiger partial charge in [0.05, 0.1) is 10.0 Å². The van der Waals surface area contributed by atoms with Crippen molar-refractivity contribution in [2.24, 2.45) is 0 Å². The Morgan fingerprint density at radius 1 is 1.64 bits per heavy atom. The summed E-state index contributed by atoms with van der Waals surface area (Å²) in [7, 11) is 0. The summed E-state index contributed by atoms with van der Waals surface area (Å²) in [6.45, 7) is 0. The molecule has 14 heavy (non-hydrogen) atoms. The Hall–Kier alpha value is 0.180. The zero-order valence-electron chi connectivity index (χ0n) is 6.40. The van der Waals surface area contributed by atoms with Crippen LogP contribution >= 0.6 is 50.1 Å². The molecule has 0 saturated carbocycles. The number of rotatable bonds is 2. The van der Waals surface area contributed by atoms with E-state index in [1.165, 1.54) is 0 Å². The second kappa shape index (κ2) is 4.80. The van der Waals surface area contributed by atoms with Crippen LogP contribution in [0.15, 0.2) is 10.5 Å². The van der Waals surface area contributed by atoms with E-state index in [1.807, 2.05) is 0 Å². The van der Waals surface area contributed by atoms with Gasteiger partial charge in [-0.15, -0.1) is 0 Å². The Kier molecular flexibility index (Phi) is 4.20. The number of nitrogens with zero attached hydrogens (tertiary/aromatic N) is 1. The molecule has 0 aliphatic heterocycles. The largest absolute Gasteiger partial charge is 0.280 e. The van der Waals surface area contributed by atoms with Gasteiger partial charge in [-0.25, -0.2) is 13.8 Å². The second-order valence-corrected chi connectivity index (χ2v) is 4.43. The smallest absolute Gasteiger partial charge is 0.276 e. The number of hydrogen-bond donors (Lipinski definition) is 0. The molecule has 0 bridgehead atoms. The summed E-state index contributed by atoms with van der Waals surface area (Å²) in [5, 5.41) is -0.793. The van der Waals surface area contributed by atoms with Crippen molar-refractivity contribution in [1.29, 1.82) is 0 Å². The van der Waals surface area contributed by atoms with E-state index >= 15 is 0 Å². The summed E-state index contributed by atoms with van der Waals surface area (Å²) >= 11 is 10.00. The first-order valence-electron chi connectivity index (χ1n) is 3.27. The summed E-state index contributed by atoms with van der Waals surface area (Å²) in [5.74, 6) is 0. The average molecular weight is 396 g/mol. The van der Waals surface area contributed by atoms with Gasteiger partial charge in [0.1, 0.15) is 9.39 Å². The molecule has 76 valence electrons. The van der Waals surface area contributed by atoms with Crippen LogP contribution < -0.4 is 0 Å². The van der Waals surface area contributed by atoms with E-state index < -0.39 is 17.4 Å². The molecule has 2 nitrogen and oxygen atoms in total. The highest BCUT2D eigenvalue weighted by Gasteiger charge is 2.17. The molecule has 0 aromatic carbocycles. The lowest BCUT2D eigenvalue weighted by Crippen LogP contribution is -2.00. The summed E-state index contributed by atoms with van der Waals surface area (Å²) in [6, 6.07) is 0.978. The van der Waals surface area contributed by atoms with Gasteiger partial charge < -0.3 is 0 Å². The maximum atomic E-state index is 12.3. The van der Waals surface area contributed by atoms with Crippen LogP contribution in [-0.4, -0.2) is 10.2 Å². The highest BCUT2D eigenvalue weighted by Crippen LogP contribution is 2.27. The summed E-state index contributed by atoms with van der Waals surface area (Å²) in [6.07, 6.45) is -2.72. The zero-order chi connectivity index (χ0) is 10.9. The predicted octanol–water partition coefficient (Wildman–Crippen LogP) is 3.77. The topological polar surface area (TPSA) is 30.0 Å². The molecule has 0 amide bonds. The van der Waals surface area contributed by atoms with Crippen molar-refractivity contribution in [3.05, 3.63) is 25.5 Å². The molecular formula is C7H2BrClF2INO. The van der Waals surface area contributed by atoms with E-state index in [9.17, 15) is 13.6 Å². The molecule has 0 N–H and O–H groups in total. The third-order valence-electron chi connectivity index (χ3n) is 1.37. The van der Waals surface area contributed by atoms with E-state index in [-0.39, 0.29) is 9.26 Å². The van der Waals surface area contributed by atoms with Gasteiger partial charge in [0.25, 0.3) is 11.7 Å². The molecule has 0 fully saturated rings. The van der Waals surface area contributed by atoms with Gasteiger partial charge in [-0.1, -0.05) is 0 Å². The van der Waals surface area contributed by atoms with Crippen molar-refractivity contribution < 1.29 is 13.6 Å². The molecule has 0 aliphatic carbocycles. The fourth-order valence-corrected chi connectivity index (χ4v) is 1.99. The van der Waals surface area contributed by atoms with Crippen molar-refractivity contribution in [2.75, 3.05) is 0 Å². The molecule has 1 aromatic rings. The normalized spacial score (nSPS) is 10.7. The maximum absolute atomic E-state index is 12.3. The fraction of sp³-hybridized carbons (Fsp3) is 0.143. The van der Waals surface area contributed by atoms with Gasteiger partial charge in [0, 0.05) is 0 Å². The van der Waals surface area contributed by atoms with E-state index in [4.69, 9.17) is 11.6 Å². The first-order valence-corrected chi connectivity index (χ1v) is 5.52. The third-order valence-corrected chi connectivity index (χ3v) is 3.90. The van der Waals surface area contributed by atoms with Gasteiger partial charge in [-0.3, -0.25) is 4.79 Å². The van der Waals surface area contributed by atoms with Gasteiger partial charge >= 0.3 is 0 Å². The average Bonchev–Trinajstić information content (AvgIpc) is 2.08. The number of aromatic nitrogens is 1. The molecule has 0 saturated heterocycles. The Morgan fingerprint density at radius 2 is 2.21 bits per heavy atom. The highest BCUT2D eigenvalue weighted by molar-refractivity contribution is 14.1. The summed E-state index contributed by atoms with van der Waals surface area (Å²) < 4.78 is 25.2. The number of hydrogen-bond acceptors (Lipinski definition) is 2. The van der Waals surface area contributed by atoms with Crippen LogP contribution in [0, 0.1) is 3.70 Å². The third kappa shape index (κ3) is 2.60. The molecule has 0 radical (unpaired) electrons. The summed E-state index contributed by atoms with van der Waals surface area (Å²) in [4.78, 5) is 14.4. The molecule has 0 spiro atoms. The van der Waals surface area contributed by atoms with Crippen molar-refractivity contribution in [3.63, 3.8) is 0 Å². The van der Waals surface area contributed by atoms with E-state index in [0.29, 0.717) is 4.47 Å². The van der Waals surface area contributed by atoms with Crippen LogP contribution in [0.4, 0.5) is 8.78 Å². The number of carbonyl (C=O) groups is 1. The van der Waals surface area contributed by atoms with Crippen molar-refractivity contribution in [1.82, 2.24) is 4.98 Å². The van der Waals surface area contributed by atoms with Crippen LogP contribution in [0.3, 0.4) is 0 Å². The Bertz CT molecular complexity index is 388.